The Bertz CT molecular complexity index is 926. The van der Waals surface area contributed by atoms with Gasteiger partial charge in [-0.15, -0.1) is 0 Å². The van der Waals surface area contributed by atoms with Gasteiger partial charge in [-0.3, -0.25) is 25.8 Å². The van der Waals surface area contributed by atoms with Gasteiger partial charge in [0.1, 0.15) is 17.4 Å². The Labute approximate surface area is 164 Å². The number of hydrazine groups is 1. The molecule has 0 aliphatic heterocycles. The lowest BCUT2D eigenvalue weighted by Gasteiger charge is -2.17. The normalized spacial score (nSPS) is 11.3. The summed E-state index contributed by atoms with van der Waals surface area (Å²) in [6.07, 6.45) is -0.960. The molecule has 0 spiro atoms. The molecule has 148 valence electrons. The van der Waals surface area contributed by atoms with Crippen LogP contribution in [0.4, 0.5) is 20.2 Å². The van der Waals surface area contributed by atoms with Gasteiger partial charge in [-0.1, -0.05) is 0 Å². The summed E-state index contributed by atoms with van der Waals surface area (Å²) in [5, 5.41) is 13.2. The molecule has 0 saturated carbocycles. The van der Waals surface area contributed by atoms with Crippen molar-refractivity contribution < 1.29 is 23.2 Å². The molecule has 0 fully saturated rings. The lowest BCUT2D eigenvalue weighted by atomic mass is 10.2. The Balaban J connectivity index is 1.87. The van der Waals surface area contributed by atoms with Gasteiger partial charge in [-0.25, -0.2) is 8.78 Å². The Morgan fingerprint density at radius 1 is 1.21 bits per heavy atom. The first-order chi connectivity index (χ1) is 13.2. The van der Waals surface area contributed by atoms with Crippen LogP contribution >= 0.6 is 12.2 Å². The van der Waals surface area contributed by atoms with Gasteiger partial charge in [0, 0.05) is 17.7 Å². The van der Waals surface area contributed by atoms with Crippen molar-refractivity contribution in [2.75, 3.05) is 5.32 Å². The van der Waals surface area contributed by atoms with Crippen LogP contribution in [0.2, 0.25) is 0 Å². The van der Waals surface area contributed by atoms with Crippen molar-refractivity contribution in [3.8, 4) is 5.75 Å². The van der Waals surface area contributed by atoms with Gasteiger partial charge in [-0.2, -0.15) is 0 Å². The van der Waals surface area contributed by atoms with Crippen molar-refractivity contribution in [1.29, 1.82) is 0 Å². The largest absolute Gasteiger partial charge is 0.481 e. The monoisotopic (exact) mass is 410 g/mol. The first-order valence-electron chi connectivity index (χ1n) is 7.91. The number of carbonyl (C=O) groups is 1. The third-order valence-electron chi connectivity index (χ3n) is 3.53. The zero-order valence-corrected chi connectivity index (χ0v) is 15.6. The number of hydrogen-bond donors (Lipinski definition) is 3. The predicted molar refractivity (Wildman–Crippen MR) is 102 cm³/mol. The number of rotatable bonds is 5. The van der Waals surface area contributed by atoms with Crippen molar-refractivity contribution >= 4 is 34.6 Å². The van der Waals surface area contributed by atoms with Crippen molar-refractivity contribution in [2.24, 2.45) is 0 Å². The summed E-state index contributed by atoms with van der Waals surface area (Å²) in [4.78, 5) is 22.4. The number of halogens is 2. The lowest BCUT2D eigenvalue weighted by molar-refractivity contribution is -0.385. The summed E-state index contributed by atoms with van der Waals surface area (Å²) in [5.74, 6) is -1.90. The van der Waals surface area contributed by atoms with Crippen LogP contribution in [0.1, 0.15) is 12.5 Å². The van der Waals surface area contributed by atoms with E-state index in [-0.39, 0.29) is 22.2 Å². The molecule has 11 heteroatoms. The Kier molecular flexibility index (Phi) is 6.77. The Hall–Kier alpha value is -3.34. The van der Waals surface area contributed by atoms with Gasteiger partial charge in [0.05, 0.1) is 10.6 Å². The number of nitro groups is 1. The summed E-state index contributed by atoms with van der Waals surface area (Å²) < 4.78 is 31.9. The lowest BCUT2D eigenvalue weighted by Crippen LogP contribution is -2.48. The summed E-state index contributed by atoms with van der Waals surface area (Å²) in [6.45, 7) is 3.01. The minimum atomic E-state index is -0.960. The fourth-order valence-electron chi connectivity index (χ4n) is 2.13. The Morgan fingerprint density at radius 3 is 2.54 bits per heavy atom. The first kappa shape index (κ1) is 21.0. The molecule has 1 amide bonds. The molecule has 2 rings (SSSR count). The molecule has 0 aliphatic rings. The maximum Gasteiger partial charge on any atom is 0.279 e. The second-order valence-electron chi connectivity index (χ2n) is 5.66. The van der Waals surface area contributed by atoms with Crippen LogP contribution in [-0.2, 0) is 4.79 Å². The van der Waals surface area contributed by atoms with Crippen LogP contribution in [0.25, 0.3) is 0 Å². The maximum absolute atomic E-state index is 13.6. The van der Waals surface area contributed by atoms with E-state index in [4.69, 9.17) is 17.0 Å². The second kappa shape index (κ2) is 9.04. The third-order valence-corrected chi connectivity index (χ3v) is 3.73. The van der Waals surface area contributed by atoms with E-state index in [0.717, 1.165) is 12.1 Å². The van der Waals surface area contributed by atoms with E-state index in [1.54, 1.807) is 6.92 Å². The molecule has 2 aromatic carbocycles. The Morgan fingerprint density at radius 2 is 1.93 bits per heavy atom. The summed E-state index contributed by atoms with van der Waals surface area (Å²) in [6, 6.07) is 7.00. The first-order valence-corrected chi connectivity index (χ1v) is 8.32. The van der Waals surface area contributed by atoms with E-state index < -0.39 is 28.6 Å². The number of nitro benzene ring substituents is 1. The highest BCUT2D eigenvalue weighted by atomic mass is 32.1. The van der Waals surface area contributed by atoms with E-state index in [2.05, 4.69) is 16.2 Å². The van der Waals surface area contributed by atoms with Gasteiger partial charge in [0.25, 0.3) is 11.6 Å². The molecule has 0 unspecified atom stereocenters. The molecule has 3 N–H and O–H groups in total. The zero-order valence-electron chi connectivity index (χ0n) is 14.8. The minimum Gasteiger partial charge on any atom is -0.481 e. The fourth-order valence-corrected chi connectivity index (χ4v) is 2.29. The standard InChI is InChI=1S/C17H16F2N4O4S/c1-9-7-12(4-6-15(9)23(25)26)27-10(2)16(24)21-22-17(28)20-14-5-3-11(18)8-13(14)19/h3-8,10H,1-2H3,(H,21,24)(H2,20,22,28)/t10-/m1/s1. The number of nitrogens with zero attached hydrogens (tertiary/aromatic N) is 1. The molecule has 0 radical (unpaired) electrons. The number of thiocarbonyl (C=S) groups is 1. The molecule has 0 aliphatic carbocycles. The van der Waals surface area contributed by atoms with Gasteiger partial charge in [-0.05, 0) is 50.3 Å². The van der Waals surface area contributed by atoms with Crippen molar-refractivity contribution in [3.05, 3.63) is 63.7 Å². The molecule has 8 nitrogen and oxygen atoms in total. The van der Waals surface area contributed by atoms with Crippen molar-refractivity contribution in [3.63, 3.8) is 0 Å². The summed E-state index contributed by atoms with van der Waals surface area (Å²) >= 11 is 4.92. The van der Waals surface area contributed by atoms with E-state index in [1.165, 1.54) is 25.1 Å². The molecule has 0 heterocycles. The van der Waals surface area contributed by atoms with Crippen LogP contribution in [0.15, 0.2) is 36.4 Å². The minimum absolute atomic E-state index is 0.0597. The van der Waals surface area contributed by atoms with E-state index in [1.807, 2.05) is 0 Å². The highest BCUT2D eigenvalue weighted by molar-refractivity contribution is 7.80. The number of anilines is 1. The topological polar surface area (TPSA) is 106 Å². The molecule has 1 atom stereocenters. The average Bonchev–Trinajstić information content (AvgIpc) is 2.61. The number of aryl methyl sites for hydroxylation is 1. The van der Waals surface area contributed by atoms with Gasteiger partial charge < -0.3 is 10.1 Å². The van der Waals surface area contributed by atoms with Crippen molar-refractivity contribution in [1.82, 2.24) is 10.9 Å². The summed E-state index contributed by atoms with van der Waals surface area (Å²) in [7, 11) is 0. The van der Waals surface area contributed by atoms with Crippen LogP contribution in [0.3, 0.4) is 0 Å². The average molecular weight is 410 g/mol. The smallest absolute Gasteiger partial charge is 0.279 e. The quantitative estimate of drug-likeness (QED) is 0.395. The number of nitrogens with one attached hydrogen (secondary N) is 3. The SMILES string of the molecule is Cc1cc(O[C@H](C)C(=O)NNC(=S)Nc2ccc(F)cc2F)ccc1[N+](=O)[O-]. The molecule has 0 saturated heterocycles. The molecule has 2 aromatic rings. The fraction of sp³-hybridized carbons (Fsp3) is 0.176. The predicted octanol–water partition coefficient (Wildman–Crippen LogP) is 2.97. The second-order valence-corrected chi connectivity index (χ2v) is 6.07. The van der Waals surface area contributed by atoms with Crippen LogP contribution in [0.5, 0.6) is 5.75 Å². The summed E-state index contributed by atoms with van der Waals surface area (Å²) in [5.41, 5.74) is 4.90. The molecule has 0 aromatic heterocycles. The van der Waals surface area contributed by atoms with Gasteiger partial charge in [0.2, 0.25) is 0 Å². The van der Waals surface area contributed by atoms with Gasteiger partial charge in [0.15, 0.2) is 11.2 Å². The number of ether oxygens (including phenoxy) is 1. The van der Waals surface area contributed by atoms with Crippen LogP contribution in [0, 0.1) is 28.7 Å². The van der Waals surface area contributed by atoms with Crippen molar-refractivity contribution in [2.45, 2.75) is 20.0 Å². The highest BCUT2D eigenvalue weighted by Gasteiger charge is 2.17. The maximum atomic E-state index is 13.6. The number of benzene rings is 2. The molecular weight excluding hydrogens is 394 g/mol. The van der Waals surface area contributed by atoms with E-state index in [0.29, 0.717) is 11.6 Å². The van der Waals surface area contributed by atoms with E-state index >= 15 is 0 Å². The highest BCUT2D eigenvalue weighted by Crippen LogP contribution is 2.23. The van der Waals surface area contributed by atoms with Gasteiger partial charge >= 0.3 is 0 Å². The zero-order chi connectivity index (χ0) is 20.8. The number of amides is 1. The van der Waals surface area contributed by atoms with Crippen LogP contribution in [-0.4, -0.2) is 22.0 Å². The number of hydrogen-bond acceptors (Lipinski definition) is 5. The molecule has 0 bridgehead atoms. The molecule has 28 heavy (non-hydrogen) atoms. The third kappa shape index (κ3) is 5.58. The van der Waals surface area contributed by atoms with E-state index in [9.17, 15) is 23.7 Å². The molecular formula is C17H16F2N4O4S. The van der Waals surface area contributed by atoms with Crippen LogP contribution < -0.4 is 20.9 Å². The number of carbonyl (C=O) groups excluding carboxylic acids is 1.